The van der Waals surface area contributed by atoms with Crippen LogP contribution in [0.5, 0.6) is 0 Å². The Balaban J connectivity index is 2.32. The Bertz CT molecular complexity index is 598. The Labute approximate surface area is 119 Å². The average molecular weight is 329 g/mol. The highest BCUT2D eigenvalue weighted by atomic mass is 35.5. The Kier molecular flexibility index (Phi) is 4.29. The zero-order valence-electron chi connectivity index (χ0n) is 10.2. The zero-order chi connectivity index (χ0) is 15.0. The lowest BCUT2D eigenvalue weighted by Crippen LogP contribution is -2.36. The van der Waals surface area contributed by atoms with Gasteiger partial charge in [0.15, 0.2) is 0 Å². The molecule has 9 heteroatoms. The molecule has 0 aromatic heterocycles. The van der Waals surface area contributed by atoms with E-state index < -0.39 is 31.7 Å². The van der Waals surface area contributed by atoms with Crippen molar-refractivity contribution in [2.75, 3.05) is 13.1 Å². The molecule has 0 unspecified atom stereocenters. The van der Waals surface area contributed by atoms with E-state index in [-0.39, 0.29) is 6.04 Å². The van der Waals surface area contributed by atoms with Gasteiger partial charge in [-0.1, -0.05) is 11.6 Å². The van der Waals surface area contributed by atoms with E-state index in [1.807, 2.05) is 0 Å². The fraction of sp³-hybridized carbons (Fsp3) is 0.455. The van der Waals surface area contributed by atoms with E-state index in [2.05, 4.69) is 10.0 Å². The topological polar surface area (TPSA) is 58.2 Å². The molecule has 1 aliphatic rings. The summed E-state index contributed by atoms with van der Waals surface area (Å²) in [7, 11) is -3.99. The third kappa shape index (κ3) is 3.43. The number of rotatable bonds is 3. The highest BCUT2D eigenvalue weighted by molar-refractivity contribution is 7.89. The van der Waals surface area contributed by atoms with Gasteiger partial charge in [0.2, 0.25) is 10.0 Å². The summed E-state index contributed by atoms with van der Waals surface area (Å²) in [5.41, 5.74) is -1.16. The first-order valence-corrected chi connectivity index (χ1v) is 7.66. The summed E-state index contributed by atoms with van der Waals surface area (Å²) >= 11 is 5.46. The minimum atomic E-state index is -4.70. The fourth-order valence-electron chi connectivity index (χ4n) is 1.93. The third-order valence-corrected chi connectivity index (χ3v) is 4.78. The standard InChI is InChI=1S/C11H12ClF3N2O2S/c12-10-2-1-8(5-9(10)11(13,14)15)20(18,19)17-7-3-4-16-6-7/h1-2,5,7,16-17H,3-4,6H2/t7-/m1/s1. The van der Waals surface area contributed by atoms with Crippen molar-refractivity contribution in [2.24, 2.45) is 0 Å². The molecule has 0 amide bonds. The van der Waals surface area contributed by atoms with Crippen molar-refractivity contribution in [1.29, 1.82) is 0 Å². The maximum atomic E-state index is 12.7. The van der Waals surface area contributed by atoms with E-state index in [0.29, 0.717) is 25.6 Å². The monoisotopic (exact) mass is 328 g/mol. The second kappa shape index (κ2) is 5.51. The number of nitrogens with one attached hydrogen (secondary N) is 2. The molecule has 1 heterocycles. The van der Waals surface area contributed by atoms with Crippen molar-refractivity contribution in [3.05, 3.63) is 28.8 Å². The van der Waals surface area contributed by atoms with Crippen molar-refractivity contribution < 1.29 is 21.6 Å². The van der Waals surface area contributed by atoms with Gasteiger partial charge in [-0.15, -0.1) is 0 Å². The van der Waals surface area contributed by atoms with Crippen LogP contribution in [0.3, 0.4) is 0 Å². The molecule has 20 heavy (non-hydrogen) atoms. The van der Waals surface area contributed by atoms with Crippen LogP contribution >= 0.6 is 11.6 Å². The van der Waals surface area contributed by atoms with Gasteiger partial charge in [0.05, 0.1) is 15.5 Å². The van der Waals surface area contributed by atoms with Gasteiger partial charge in [-0.3, -0.25) is 0 Å². The summed E-state index contributed by atoms with van der Waals surface area (Å²) < 4.78 is 64.6. The molecule has 0 aliphatic carbocycles. The molecular formula is C11H12ClF3N2O2S. The van der Waals surface area contributed by atoms with Crippen molar-refractivity contribution in [2.45, 2.75) is 23.5 Å². The molecule has 0 spiro atoms. The Hall–Kier alpha value is -0.830. The third-order valence-electron chi connectivity index (χ3n) is 2.94. The van der Waals surface area contributed by atoms with Crippen molar-refractivity contribution >= 4 is 21.6 Å². The smallest absolute Gasteiger partial charge is 0.315 e. The predicted molar refractivity (Wildman–Crippen MR) is 68.1 cm³/mol. The number of benzene rings is 1. The number of alkyl halides is 3. The van der Waals surface area contributed by atoms with Crippen LogP contribution < -0.4 is 10.0 Å². The lowest BCUT2D eigenvalue weighted by Gasteiger charge is -2.14. The highest BCUT2D eigenvalue weighted by Gasteiger charge is 2.35. The Morgan fingerprint density at radius 1 is 1.35 bits per heavy atom. The molecule has 0 radical (unpaired) electrons. The lowest BCUT2D eigenvalue weighted by molar-refractivity contribution is -0.137. The van der Waals surface area contributed by atoms with Crippen molar-refractivity contribution in [3.8, 4) is 0 Å². The minimum Gasteiger partial charge on any atom is -0.315 e. The molecule has 1 fully saturated rings. The molecule has 1 aromatic carbocycles. The maximum Gasteiger partial charge on any atom is 0.417 e. The highest BCUT2D eigenvalue weighted by Crippen LogP contribution is 2.35. The van der Waals surface area contributed by atoms with Crippen molar-refractivity contribution in [3.63, 3.8) is 0 Å². The normalized spacial score (nSPS) is 20.3. The second-order valence-corrected chi connectivity index (χ2v) is 6.57. The largest absolute Gasteiger partial charge is 0.417 e. The molecular weight excluding hydrogens is 317 g/mol. The van der Waals surface area contributed by atoms with Gasteiger partial charge in [-0.2, -0.15) is 13.2 Å². The number of sulfonamides is 1. The molecule has 112 valence electrons. The second-order valence-electron chi connectivity index (χ2n) is 4.45. The van der Waals surface area contributed by atoms with Gasteiger partial charge in [-0.05, 0) is 31.2 Å². The van der Waals surface area contributed by atoms with Gasteiger partial charge >= 0.3 is 6.18 Å². The summed E-state index contributed by atoms with van der Waals surface area (Å²) in [5, 5.41) is 2.43. The summed E-state index contributed by atoms with van der Waals surface area (Å²) in [4.78, 5) is -0.443. The van der Waals surface area contributed by atoms with E-state index in [0.717, 1.165) is 12.1 Å². The van der Waals surface area contributed by atoms with E-state index in [4.69, 9.17) is 11.6 Å². The van der Waals surface area contributed by atoms with E-state index >= 15 is 0 Å². The van der Waals surface area contributed by atoms with E-state index in [1.54, 1.807) is 0 Å². The zero-order valence-corrected chi connectivity index (χ0v) is 11.7. The van der Waals surface area contributed by atoms with Crippen LogP contribution in [0, 0.1) is 0 Å². The molecule has 2 N–H and O–H groups in total. The van der Waals surface area contributed by atoms with Gasteiger partial charge < -0.3 is 5.32 Å². The Morgan fingerprint density at radius 2 is 2.05 bits per heavy atom. The molecule has 1 atom stereocenters. The SMILES string of the molecule is O=S(=O)(N[C@@H]1CCNC1)c1ccc(Cl)c(C(F)(F)F)c1. The Morgan fingerprint density at radius 3 is 2.60 bits per heavy atom. The van der Waals surface area contributed by atoms with Crippen LogP contribution in [0.4, 0.5) is 13.2 Å². The molecule has 1 aromatic rings. The summed E-state index contributed by atoms with van der Waals surface area (Å²) in [6.45, 7) is 1.13. The van der Waals surface area contributed by atoms with Crippen LogP contribution in [0.2, 0.25) is 5.02 Å². The van der Waals surface area contributed by atoms with Crippen LogP contribution in [0.15, 0.2) is 23.1 Å². The number of hydrogen-bond donors (Lipinski definition) is 2. The van der Waals surface area contributed by atoms with Crippen LogP contribution in [0.25, 0.3) is 0 Å². The summed E-state index contributed by atoms with van der Waals surface area (Å²) in [6, 6.07) is 2.23. The minimum absolute atomic E-state index is 0.315. The van der Waals surface area contributed by atoms with Gasteiger partial charge in [0.1, 0.15) is 0 Å². The predicted octanol–water partition coefficient (Wildman–Crippen LogP) is 2.00. The molecule has 2 rings (SSSR count). The quantitative estimate of drug-likeness (QED) is 0.892. The van der Waals surface area contributed by atoms with Gasteiger partial charge in [0, 0.05) is 12.6 Å². The van der Waals surface area contributed by atoms with E-state index in [9.17, 15) is 21.6 Å². The first-order chi connectivity index (χ1) is 9.20. The fourth-order valence-corrected chi connectivity index (χ4v) is 3.45. The lowest BCUT2D eigenvalue weighted by atomic mass is 10.2. The summed E-state index contributed by atoms with van der Waals surface area (Å²) in [5.74, 6) is 0. The first kappa shape index (κ1) is 15.6. The molecule has 0 saturated carbocycles. The van der Waals surface area contributed by atoms with Gasteiger partial charge in [-0.25, -0.2) is 13.1 Å². The van der Waals surface area contributed by atoms with Crippen LogP contribution in [-0.4, -0.2) is 27.5 Å². The van der Waals surface area contributed by atoms with Crippen LogP contribution in [0.1, 0.15) is 12.0 Å². The van der Waals surface area contributed by atoms with Gasteiger partial charge in [0.25, 0.3) is 0 Å². The maximum absolute atomic E-state index is 12.7. The molecule has 1 saturated heterocycles. The molecule has 0 bridgehead atoms. The molecule has 1 aliphatic heterocycles. The van der Waals surface area contributed by atoms with Crippen molar-refractivity contribution in [1.82, 2.24) is 10.0 Å². The number of hydrogen-bond acceptors (Lipinski definition) is 3. The average Bonchev–Trinajstić information content (AvgIpc) is 2.79. The first-order valence-electron chi connectivity index (χ1n) is 5.80. The van der Waals surface area contributed by atoms with E-state index in [1.165, 1.54) is 0 Å². The summed E-state index contributed by atoms with van der Waals surface area (Å²) in [6.07, 6.45) is -4.10. The number of halogens is 4. The van der Waals surface area contributed by atoms with Crippen LogP contribution in [-0.2, 0) is 16.2 Å². The molecule has 4 nitrogen and oxygen atoms in total.